The van der Waals surface area contributed by atoms with Gasteiger partial charge in [0.05, 0.1) is 16.5 Å². The van der Waals surface area contributed by atoms with Crippen LogP contribution in [0.1, 0.15) is 39.5 Å². The number of carbonyl (C=O) groups excluding carboxylic acids is 1. The molecule has 0 aromatic rings. The Labute approximate surface area is 114 Å². The Morgan fingerprint density at radius 2 is 2.06 bits per heavy atom. The molecule has 4 nitrogen and oxygen atoms in total. The number of hydrogen-bond acceptors (Lipinski definition) is 3. The van der Waals surface area contributed by atoms with Crippen LogP contribution in [0.25, 0.3) is 0 Å². The first-order valence-electron chi connectivity index (χ1n) is 6.48. The molecule has 0 radical (unpaired) electrons. The number of hydrogen-bond donors (Lipinski definition) is 2. The highest BCUT2D eigenvalue weighted by Gasteiger charge is 2.53. The van der Waals surface area contributed by atoms with Gasteiger partial charge in [-0.25, -0.2) is 0 Å². The molecule has 102 valence electrons. The predicted molar refractivity (Wildman–Crippen MR) is 74.2 cm³/mol. The molecule has 2 aliphatic rings. The SMILES string of the molecule is COC1CC(NC(=O)C2(C(N)=S)CCC2)C1(C)C. The molecule has 0 bridgehead atoms. The van der Waals surface area contributed by atoms with E-state index in [1.165, 1.54) is 0 Å². The molecule has 2 rings (SSSR count). The van der Waals surface area contributed by atoms with E-state index in [1.807, 2.05) is 0 Å². The summed E-state index contributed by atoms with van der Waals surface area (Å²) in [7, 11) is 1.72. The molecule has 2 saturated carbocycles. The van der Waals surface area contributed by atoms with E-state index in [2.05, 4.69) is 19.2 Å². The average molecular weight is 270 g/mol. The van der Waals surface area contributed by atoms with Gasteiger partial charge in [-0.1, -0.05) is 32.5 Å². The van der Waals surface area contributed by atoms with Crippen LogP contribution in [0.3, 0.4) is 0 Å². The van der Waals surface area contributed by atoms with Gasteiger partial charge in [0, 0.05) is 18.6 Å². The maximum Gasteiger partial charge on any atom is 0.233 e. The molecular weight excluding hydrogens is 248 g/mol. The Hall–Kier alpha value is -0.680. The Morgan fingerprint density at radius 1 is 1.44 bits per heavy atom. The van der Waals surface area contributed by atoms with Crippen molar-refractivity contribution in [2.75, 3.05) is 7.11 Å². The summed E-state index contributed by atoms with van der Waals surface area (Å²) in [6.45, 7) is 4.23. The molecule has 18 heavy (non-hydrogen) atoms. The smallest absolute Gasteiger partial charge is 0.233 e. The minimum absolute atomic E-state index is 0.00822. The van der Waals surface area contributed by atoms with Crippen molar-refractivity contribution in [3.8, 4) is 0 Å². The van der Waals surface area contributed by atoms with E-state index in [0.717, 1.165) is 25.7 Å². The number of thiocarbonyl (C=S) groups is 1. The third kappa shape index (κ3) is 1.84. The summed E-state index contributed by atoms with van der Waals surface area (Å²) in [5.41, 5.74) is 5.13. The van der Waals surface area contributed by atoms with Gasteiger partial charge in [-0.15, -0.1) is 0 Å². The molecule has 2 fully saturated rings. The van der Waals surface area contributed by atoms with Gasteiger partial charge >= 0.3 is 0 Å². The summed E-state index contributed by atoms with van der Waals surface area (Å²) >= 11 is 5.06. The molecule has 0 spiro atoms. The van der Waals surface area contributed by atoms with Crippen molar-refractivity contribution in [1.82, 2.24) is 5.32 Å². The highest BCUT2D eigenvalue weighted by atomic mass is 32.1. The van der Waals surface area contributed by atoms with Crippen LogP contribution in [-0.4, -0.2) is 30.2 Å². The van der Waals surface area contributed by atoms with Crippen LogP contribution in [0.5, 0.6) is 0 Å². The first-order valence-corrected chi connectivity index (χ1v) is 6.89. The summed E-state index contributed by atoms with van der Waals surface area (Å²) in [4.78, 5) is 12.7. The molecule has 2 aliphatic carbocycles. The van der Waals surface area contributed by atoms with Crippen LogP contribution in [-0.2, 0) is 9.53 Å². The molecule has 2 atom stereocenters. The first-order chi connectivity index (χ1) is 8.34. The first kappa shape index (κ1) is 13.7. The van der Waals surface area contributed by atoms with Gasteiger partial charge in [0.2, 0.25) is 5.91 Å². The lowest BCUT2D eigenvalue weighted by molar-refractivity contribution is -0.141. The third-order valence-corrected chi connectivity index (χ3v) is 5.27. The van der Waals surface area contributed by atoms with Crippen LogP contribution in [0, 0.1) is 10.8 Å². The molecule has 0 aliphatic heterocycles. The minimum Gasteiger partial charge on any atom is -0.392 e. The number of nitrogens with one attached hydrogen (secondary N) is 1. The molecule has 0 aromatic carbocycles. The monoisotopic (exact) mass is 270 g/mol. The number of ether oxygens (including phenoxy) is 1. The van der Waals surface area contributed by atoms with Gasteiger partial charge in [-0.3, -0.25) is 4.79 Å². The van der Waals surface area contributed by atoms with E-state index < -0.39 is 5.41 Å². The number of rotatable bonds is 4. The zero-order valence-electron chi connectivity index (χ0n) is 11.3. The minimum atomic E-state index is -0.580. The van der Waals surface area contributed by atoms with E-state index in [9.17, 15) is 4.79 Å². The van der Waals surface area contributed by atoms with Crippen LogP contribution in [0.15, 0.2) is 0 Å². The quantitative estimate of drug-likeness (QED) is 0.757. The topological polar surface area (TPSA) is 64.3 Å². The maximum absolute atomic E-state index is 12.4. The van der Waals surface area contributed by atoms with Gasteiger partial charge in [0.1, 0.15) is 0 Å². The van der Waals surface area contributed by atoms with Gasteiger partial charge in [-0.05, 0) is 19.3 Å². The van der Waals surface area contributed by atoms with Crippen LogP contribution < -0.4 is 11.1 Å². The molecule has 3 N–H and O–H groups in total. The van der Waals surface area contributed by atoms with Gasteiger partial charge < -0.3 is 15.8 Å². The molecule has 2 unspecified atom stereocenters. The number of nitrogens with two attached hydrogens (primary N) is 1. The highest BCUT2D eigenvalue weighted by molar-refractivity contribution is 7.80. The molecular formula is C13H22N2O2S. The fourth-order valence-corrected chi connectivity index (χ4v) is 3.24. The standard InChI is InChI=1S/C13H22N2O2S/c1-12(2)8(7-9(12)17-3)15-11(16)13(10(14)18)5-4-6-13/h8-9H,4-7H2,1-3H3,(H2,14,18)(H,15,16). The predicted octanol–water partition coefficient (Wildman–Crippen LogP) is 1.37. The van der Waals surface area contributed by atoms with Crippen molar-refractivity contribution in [2.24, 2.45) is 16.6 Å². The second-order valence-electron chi connectivity index (χ2n) is 6.11. The van der Waals surface area contributed by atoms with Crippen LogP contribution in [0.2, 0.25) is 0 Å². The van der Waals surface area contributed by atoms with Gasteiger partial charge in [-0.2, -0.15) is 0 Å². The van der Waals surface area contributed by atoms with Crippen LogP contribution >= 0.6 is 12.2 Å². The summed E-state index contributed by atoms with van der Waals surface area (Å²) in [5, 5.41) is 3.11. The zero-order valence-corrected chi connectivity index (χ0v) is 12.1. The summed E-state index contributed by atoms with van der Waals surface area (Å²) in [5.74, 6) is 0.00822. The molecule has 5 heteroatoms. The second kappa shape index (κ2) is 4.46. The number of carbonyl (C=O) groups is 1. The van der Waals surface area contributed by atoms with Crippen molar-refractivity contribution >= 4 is 23.1 Å². The lowest BCUT2D eigenvalue weighted by Crippen LogP contribution is -2.65. The lowest BCUT2D eigenvalue weighted by atomic mass is 9.63. The second-order valence-corrected chi connectivity index (χ2v) is 6.55. The van der Waals surface area contributed by atoms with Gasteiger partial charge in [0.25, 0.3) is 0 Å². The Balaban J connectivity index is 1.99. The Bertz CT molecular complexity index is 377. The molecule has 1 amide bonds. The fourth-order valence-electron chi connectivity index (χ4n) is 2.94. The molecule has 0 saturated heterocycles. The summed E-state index contributed by atoms with van der Waals surface area (Å²) < 4.78 is 5.38. The van der Waals surface area contributed by atoms with Crippen molar-refractivity contribution in [3.05, 3.63) is 0 Å². The maximum atomic E-state index is 12.4. The molecule has 0 aromatic heterocycles. The van der Waals surface area contributed by atoms with E-state index >= 15 is 0 Å². The summed E-state index contributed by atoms with van der Waals surface area (Å²) in [6, 6.07) is 0.154. The Morgan fingerprint density at radius 3 is 2.39 bits per heavy atom. The van der Waals surface area contributed by atoms with E-state index in [1.54, 1.807) is 7.11 Å². The van der Waals surface area contributed by atoms with Gasteiger partial charge in [0.15, 0.2) is 0 Å². The van der Waals surface area contributed by atoms with E-state index in [4.69, 9.17) is 22.7 Å². The number of amides is 1. The normalized spacial score (nSPS) is 31.9. The Kier molecular flexibility index (Phi) is 3.40. The van der Waals surface area contributed by atoms with Crippen molar-refractivity contribution in [2.45, 2.75) is 51.7 Å². The molecule has 0 heterocycles. The number of methoxy groups -OCH3 is 1. The van der Waals surface area contributed by atoms with E-state index in [0.29, 0.717) is 4.99 Å². The largest absolute Gasteiger partial charge is 0.392 e. The summed E-state index contributed by atoms with van der Waals surface area (Å²) in [6.07, 6.45) is 3.68. The van der Waals surface area contributed by atoms with Crippen molar-refractivity contribution < 1.29 is 9.53 Å². The van der Waals surface area contributed by atoms with Crippen molar-refractivity contribution in [3.63, 3.8) is 0 Å². The highest BCUT2D eigenvalue weighted by Crippen LogP contribution is 2.45. The average Bonchev–Trinajstić information content (AvgIpc) is 2.21. The fraction of sp³-hybridized carbons (Fsp3) is 0.846. The zero-order chi connectivity index (χ0) is 13.6. The third-order valence-electron chi connectivity index (χ3n) is 4.88. The van der Waals surface area contributed by atoms with Crippen LogP contribution in [0.4, 0.5) is 0 Å². The van der Waals surface area contributed by atoms with Crippen molar-refractivity contribution in [1.29, 1.82) is 0 Å². The van der Waals surface area contributed by atoms with E-state index in [-0.39, 0.29) is 23.5 Å². The lowest BCUT2D eigenvalue weighted by Gasteiger charge is -2.52.